The van der Waals surface area contributed by atoms with E-state index in [2.05, 4.69) is 4.72 Å². The molecule has 0 amide bonds. The van der Waals surface area contributed by atoms with E-state index < -0.39 is 22.3 Å². The molecule has 0 saturated carbocycles. The van der Waals surface area contributed by atoms with Crippen LogP contribution in [0.15, 0.2) is 23.1 Å². The van der Waals surface area contributed by atoms with Crippen molar-refractivity contribution >= 4 is 16.0 Å². The van der Waals surface area contributed by atoms with Crippen LogP contribution >= 0.6 is 0 Å². The van der Waals surface area contributed by atoms with Gasteiger partial charge in [0.1, 0.15) is 0 Å². The summed E-state index contributed by atoms with van der Waals surface area (Å²) in [6.45, 7) is 1.72. The highest BCUT2D eigenvalue weighted by Gasteiger charge is 2.21. The summed E-state index contributed by atoms with van der Waals surface area (Å²) in [5.74, 6) is -1.18. The number of aryl methyl sites for hydroxylation is 1. The van der Waals surface area contributed by atoms with Gasteiger partial charge in [-0.25, -0.2) is 17.9 Å². The van der Waals surface area contributed by atoms with Gasteiger partial charge in [-0.1, -0.05) is 13.0 Å². The van der Waals surface area contributed by atoms with Gasteiger partial charge in [0.2, 0.25) is 10.0 Å². The van der Waals surface area contributed by atoms with E-state index >= 15 is 0 Å². The molecule has 21 heavy (non-hydrogen) atoms. The van der Waals surface area contributed by atoms with Crippen molar-refractivity contribution in [3.8, 4) is 0 Å². The van der Waals surface area contributed by atoms with Crippen LogP contribution in [0, 0.1) is 0 Å². The van der Waals surface area contributed by atoms with E-state index in [1.54, 1.807) is 6.92 Å². The number of methoxy groups -OCH3 is 2. The van der Waals surface area contributed by atoms with Crippen LogP contribution in [0.1, 0.15) is 22.8 Å². The Morgan fingerprint density at radius 2 is 1.95 bits per heavy atom. The van der Waals surface area contributed by atoms with Gasteiger partial charge in [-0.15, -0.1) is 0 Å². The molecule has 1 aromatic rings. The maximum atomic E-state index is 12.3. The topological polar surface area (TPSA) is 102 Å². The van der Waals surface area contributed by atoms with Crippen LogP contribution in [0.3, 0.4) is 0 Å². The first-order chi connectivity index (χ1) is 9.85. The molecule has 0 fully saturated rings. The Bertz CT molecular complexity index is 595. The largest absolute Gasteiger partial charge is 0.478 e. The first-order valence-corrected chi connectivity index (χ1v) is 7.75. The van der Waals surface area contributed by atoms with E-state index in [0.29, 0.717) is 12.0 Å². The summed E-state index contributed by atoms with van der Waals surface area (Å²) in [5.41, 5.74) is 0.460. The third-order valence-electron chi connectivity index (χ3n) is 2.95. The maximum absolute atomic E-state index is 12.3. The number of ether oxygens (including phenoxy) is 2. The number of sulfonamides is 1. The smallest absolute Gasteiger partial charge is 0.335 e. The number of rotatable bonds is 8. The Hall–Kier alpha value is -1.48. The average molecular weight is 317 g/mol. The quantitative estimate of drug-likeness (QED) is 0.689. The second-order valence-corrected chi connectivity index (χ2v) is 5.97. The summed E-state index contributed by atoms with van der Waals surface area (Å²) < 4.78 is 36.8. The van der Waals surface area contributed by atoms with Gasteiger partial charge in [0.15, 0.2) is 6.29 Å². The highest BCUT2D eigenvalue weighted by molar-refractivity contribution is 7.89. The van der Waals surface area contributed by atoms with Crippen molar-refractivity contribution in [1.29, 1.82) is 0 Å². The van der Waals surface area contributed by atoms with E-state index in [0.717, 1.165) is 6.07 Å². The minimum Gasteiger partial charge on any atom is -0.478 e. The molecule has 0 aliphatic rings. The van der Waals surface area contributed by atoms with Crippen LogP contribution in [-0.4, -0.2) is 46.5 Å². The van der Waals surface area contributed by atoms with Crippen molar-refractivity contribution in [3.63, 3.8) is 0 Å². The Labute approximate surface area is 123 Å². The highest BCUT2D eigenvalue weighted by Crippen LogP contribution is 2.18. The Morgan fingerprint density at radius 3 is 2.43 bits per heavy atom. The predicted octanol–water partition coefficient (Wildman–Crippen LogP) is 0.844. The summed E-state index contributed by atoms with van der Waals surface area (Å²) in [4.78, 5) is 10.9. The number of carboxylic acid groups (broad SMARTS) is 1. The van der Waals surface area contributed by atoms with E-state index in [1.807, 2.05) is 0 Å². The summed E-state index contributed by atoms with van der Waals surface area (Å²) in [6, 6.07) is 4.04. The van der Waals surface area contributed by atoms with Crippen molar-refractivity contribution in [2.45, 2.75) is 24.5 Å². The molecule has 0 spiro atoms. The molecule has 0 atom stereocenters. The van der Waals surface area contributed by atoms with Gasteiger partial charge in [0.05, 0.1) is 17.0 Å². The van der Waals surface area contributed by atoms with Crippen LogP contribution in [0.2, 0.25) is 0 Å². The van der Waals surface area contributed by atoms with Crippen LogP contribution in [0.5, 0.6) is 0 Å². The minimum atomic E-state index is -3.85. The zero-order chi connectivity index (χ0) is 16.0. The van der Waals surface area contributed by atoms with E-state index in [4.69, 9.17) is 14.6 Å². The molecule has 0 radical (unpaired) electrons. The molecule has 0 unspecified atom stereocenters. The van der Waals surface area contributed by atoms with E-state index in [9.17, 15) is 13.2 Å². The number of carbonyl (C=O) groups is 1. The van der Waals surface area contributed by atoms with Gasteiger partial charge < -0.3 is 14.6 Å². The molecule has 0 aliphatic carbocycles. The van der Waals surface area contributed by atoms with Crippen molar-refractivity contribution in [2.75, 3.05) is 20.8 Å². The van der Waals surface area contributed by atoms with Crippen LogP contribution in [-0.2, 0) is 25.9 Å². The van der Waals surface area contributed by atoms with E-state index in [-0.39, 0.29) is 17.0 Å². The molecule has 0 saturated heterocycles. The molecule has 1 aromatic carbocycles. The lowest BCUT2D eigenvalue weighted by atomic mass is 10.1. The standard InChI is InChI=1S/C13H19NO6S/c1-4-9-5-6-10(13(15)16)7-11(9)21(17,18)14-8-12(19-2)20-3/h5-7,12,14H,4,8H2,1-3H3,(H,15,16). The molecule has 0 heterocycles. The lowest BCUT2D eigenvalue weighted by molar-refractivity contribution is -0.0960. The Morgan fingerprint density at radius 1 is 1.33 bits per heavy atom. The molecule has 7 nitrogen and oxygen atoms in total. The number of nitrogens with one attached hydrogen (secondary N) is 1. The van der Waals surface area contributed by atoms with Crippen LogP contribution < -0.4 is 4.72 Å². The van der Waals surface area contributed by atoms with Crippen molar-refractivity contribution in [1.82, 2.24) is 4.72 Å². The fourth-order valence-electron chi connectivity index (χ4n) is 1.75. The molecular formula is C13H19NO6S. The SMILES string of the molecule is CCc1ccc(C(=O)O)cc1S(=O)(=O)NCC(OC)OC. The third-order valence-corrected chi connectivity index (χ3v) is 4.46. The summed E-state index contributed by atoms with van der Waals surface area (Å²) in [6.07, 6.45) is -0.249. The molecule has 2 N–H and O–H groups in total. The summed E-state index contributed by atoms with van der Waals surface area (Å²) in [7, 11) is -1.06. The van der Waals surface area contributed by atoms with Gasteiger partial charge in [-0.05, 0) is 24.1 Å². The van der Waals surface area contributed by atoms with E-state index in [1.165, 1.54) is 26.4 Å². The fourth-order valence-corrected chi connectivity index (χ4v) is 3.10. The zero-order valence-corrected chi connectivity index (χ0v) is 12.9. The molecule has 0 bridgehead atoms. The lowest BCUT2D eigenvalue weighted by Crippen LogP contribution is -2.34. The Balaban J connectivity index is 3.11. The zero-order valence-electron chi connectivity index (χ0n) is 12.1. The minimum absolute atomic E-state index is 0.0455. The van der Waals surface area contributed by atoms with Gasteiger partial charge >= 0.3 is 5.97 Å². The second-order valence-electron chi connectivity index (χ2n) is 4.23. The summed E-state index contributed by atoms with van der Waals surface area (Å²) >= 11 is 0. The van der Waals surface area contributed by atoms with Crippen molar-refractivity contribution < 1.29 is 27.8 Å². The molecule has 118 valence electrons. The molecule has 8 heteroatoms. The monoisotopic (exact) mass is 317 g/mol. The maximum Gasteiger partial charge on any atom is 0.335 e. The van der Waals surface area contributed by atoms with Crippen molar-refractivity contribution in [3.05, 3.63) is 29.3 Å². The molecular weight excluding hydrogens is 298 g/mol. The lowest BCUT2D eigenvalue weighted by Gasteiger charge is -2.16. The number of benzene rings is 1. The van der Waals surface area contributed by atoms with Crippen molar-refractivity contribution in [2.24, 2.45) is 0 Å². The number of carboxylic acids is 1. The number of hydrogen-bond donors (Lipinski definition) is 2. The molecule has 1 rings (SSSR count). The first-order valence-electron chi connectivity index (χ1n) is 6.27. The fraction of sp³-hybridized carbons (Fsp3) is 0.462. The predicted molar refractivity (Wildman–Crippen MR) is 75.8 cm³/mol. The van der Waals surface area contributed by atoms with Gasteiger partial charge in [-0.3, -0.25) is 0 Å². The van der Waals surface area contributed by atoms with Crippen LogP contribution in [0.4, 0.5) is 0 Å². The normalized spacial score (nSPS) is 11.8. The molecule has 0 aromatic heterocycles. The highest BCUT2D eigenvalue weighted by atomic mass is 32.2. The van der Waals surface area contributed by atoms with Gasteiger partial charge in [0.25, 0.3) is 0 Å². The van der Waals surface area contributed by atoms with Gasteiger partial charge in [-0.2, -0.15) is 0 Å². The first kappa shape index (κ1) is 17.6. The molecule has 0 aliphatic heterocycles. The number of hydrogen-bond acceptors (Lipinski definition) is 5. The Kier molecular flexibility index (Phi) is 6.28. The third kappa shape index (κ3) is 4.50. The number of aromatic carboxylic acids is 1. The van der Waals surface area contributed by atoms with Crippen LogP contribution in [0.25, 0.3) is 0 Å². The summed E-state index contributed by atoms with van der Waals surface area (Å²) in [5, 5.41) is 8.98. The average Bonchev–Trinajstić information content (AvgIpc) is 2.47. The second kappa shape index (κ2) is 7.51. The van der Waals surface area contributed by atoms with Gasteiger partial charge in [0, 0.05) is 14.2 Å².